The van der Waals surface area contributed by atoms with Gasteiger partial charge >= 0.3 is 6.03 Å². The van der Waals surface area contributed by atoms with E-state index in [0.29, 0.717) is 16.4 Å². The van der Waals surface area contributed by atoms with Crippen LogP contribution in [0.15, 0.2) is 23.9 Å². The lowest BCUT2D eigenvalue weighted by atomic mass is 10.1. The van der Waals surface area contributed by atoms with Crippen molar-refractivity contribution in [1.82, 2.24) is 10.6 Å². The third kappa shape index (κ3) is 1.83. The number of urea groups is 1. The van der Waals surface area contributed by atoms with E-state index in [4.69, 9.17) is 21.7 Å². The molecule has 17 heavy (non-hydrogen) atoms. The minimum absolute atomic E-state index is 0.242. The number of rotatable bonds is 1. The second-order valence-electron chi connectivity index (χ2n) is 3.58. The molecular formula is C11H8N2O3S. The number of benzene rings is 1. The van der Waals surface area contributed by atoms with Crippen molar-refractivity contribution in [2.75, 3.05) is 6.79 Å². The molecule has 1 saturated heterocycles. The predicted molar refractivity (Wildman–Crippen MR) is 64.8 cm³/mol. The summed E-state index contributed by atoms with van der Waals surface area (Å²) in [5.74, 6) is 1.42. The fourth-order valence-corrected chi connectivity index (χ4v) is 1.85. The first-order chi connectivity index (χ1) is 8.22. The summed E-state index contributed by atoms with van der Waals surface area (Å²) < 4.78 is 10.5. The maximum atomic E-state index is 11.0. The smallest absolute Gasteiger partial charge is 0.324 e. The van der Waals surface area contributed by atoms with Gasteiger partial charge in [0.15, 0.2) is 11.5 Å². The van der Waals surface area contributed by atoms with Crippen LogP contribution in [0.1, 0.15) is 5.56 Å². The first-order valence-corrected chi connectivity index (χ1v) is 5.37. The number of carbonyl (C=O) groups is 1. The third-order valence-corrected chi connectivity index (χ3v) is 2.75. The van der Waals surface area contributed by atoms with E-state index in [1.807, 2.05) is 18.2 Å². The molecule has 0 saturated carbocycles. The zero-order valence-electron chi connectivity index (χ0n) is 8.65. The van der Waals surface area contributed by atoms with E-state index >= 15 is 0 Å². The number of amides is 2. The first kappa shape index (κ1) is 10.1. The molecule has 3 rings (SSSR count). The molecule has 0 radical (unpaired) electrons. The highest BCUT2D eigenvalue weighted by Gasteiger charge is 2.19. The summed E-state index contributed by atoms with van der Waals surface area (Å²) in [6.45, 7) is 0.242. The van der Waals surface area contributed by atoms with Crippen LogP contribution in [-0.4, -0.2) is 17.8 Å². The first-order valence-electron chi connectivity index (χ1n) is 4.96. The average molecular weight is 248 g/mol. The van der Waals surface area contributed by atoms with Crippen molar-refractivity contribution in [1.29, 1.82) is 0 Å². The molecule has 1 fully saturated rings. The highest BCUT2D eigenvalue weighted by Crippen LogP contribution is 2.33. The summed E-state index contributed by atoms with van der Waals surface area (Å²) in [4.78, 5) is 11.4. The van der Waals surface area contributed by atoms with E-state index < -0.39 is 0 Å². The Kier molecular flexibility index (Phi) is 2.22. The molecule has 6 heteroatoms. The van der Waals surface area contributed by atoms with Gasteiger partial charge in [0, 0.05) is 0 Å². The van der Waals surface area contributed by atoms with Gasteiger partial charge in [0.05, 0.1) is 5.70 Å². The van der Waals surface area contributed by atoms with Crippen molar-refractivity contribution in [3.8, 4) is 11.5 Å². The number of fused-ring (bicyclic) bond motifs is 1. The van der Waals surface area contributed by atoms with Crippen LogP contribution in [0.2, 0.25) is 0 Å². The van der Waals surface area contributed by atoms with Crippen LogP contribution < -0.4 is 20.1 Å². The lowest BCUT2D eigenvalue weighted by Crippen LogP contribution is -2.21. The summed E-state index contributed by atoms with van der Waals surface area (Å²) in [5.41, 5.74) is 1.47. The molecule has 2 heterocycles. The molecule has 2 aliphatic heterocycles. The van der Waals surface area contributed by atoms with Gasteiger partial charge in [-0.25, -0.2) is 4.79 Å². The van der Waals surface area contributed by atoms with Crippen molar-refractivity contribution in [2.45, 2.75) is 0 Å². The fourth-order valence-electron chi connectivity index (χ4n) is 1.65. The number of carbonyl (C=O) groups excluding carboxylic acids is 1. The zero-order chi connectivity index (χ0) is 11.8. The Labute approximate surface area is 102 Å². The van der Waals surface area contributed by atoms with E-state index in [-0.39, 0.29) is 12.8 Å². The highest BCUT2D eigenvalue weighted by molar-refractivity contribution is 7.80. The van der Waals surface area contributed by atoms with Gasteiger partial charge in [-0.05, 0) is 23.8 Å². The summed E-state index contributed by atoms with van der Waals surface area (Å²) in [6, 6.07) is 5.22. The van der Waals surface area contributed by atoms with E-state index in [0.717, 1.165) is 11.3 Å². The van der Waals surface area contributed by atoms with Crippen LogP contribution in [0.4, 0.5) is 4.79 Å². The van der Waals surface area contributed by atoms with Gasteiger partial charge in [-0.15, -0.1) is 0 Å². The Morgan fingerprint density at radius 3 is 2.82 bits per heavy atom. The number of nitrogens with one attached hydrogen (secondary N) is 2. The second kappa shape index (κ2) is 3.74. The Morgan fingerprint density at radius 2 is 2.06 bits per heavy atom. The summed E-state index contributed by atoms with van der Waals surface area (Å²) in [6.07, 6.45) is 1.78. The molecule has 2 N–H and O–H groups in total. The van der Waals surface area contributed by atoms with Crippen LogP contribution in [0.25, 0.3) is 6.08 Å². The minimum Gasteiger partial charge on any atom is -0.454 e. The molecule has 0 unspecified atom stereocenters. The second-order valence-corrected chi connectivity index (χ2v) is 3.99. The van der Waals surface area contributed by atoms with E-state index in [9.17, 15) is 4.79 Å². The van der Waals surface area contributed by atoms with Crippen molar-refractivity contribution >= 4 is 29.3 Å². The Balaban J connectivity index is 1.93. The van der Waals surface area contributed by atoms with E-state index in [1.54, 1.807) is 6.08 Å². The lowest BCUT2D eigenvalue weighted by Gasteiger charge is -1.99. The highest BCUT2D eigenvalue weighted by atomic mass is 32.1. The van der Waals surface area contributed by atoms with Crippen molar-refractivity contribution < 1.29 is 14.3 Å². The molecular weight excluding hydrogens is 240 g/mol. The maximum Gasteiger partial charge on any atom is 0.324 e. The quantitative estimate of drug-likeness (QED) is 0.582. The maximum absolute atomic E-state index is 11.0. The standard InChI is InChI=1S/C11H8N2O3S/c14-11-12-7(10(17)13-11)3-6-1-2-8-9(4-6)16-5-15-8/h1-4H,5H2,(H2,12,13,14,17). The molecule has 5 nitrogen and oxygen atoms in total. The minimum atomic E-state index is -0.304. The number of thiocarbonyl (C=S) groups is 1. The number of ether oxygens (including phenoxy) is 2. The van der Waals surface area contributed by atoms with Crippen LogP contribution in [0.5, 0.6) is 11.5 Å². The molecule has 1 aromatic rings. The summed E-state index contributed by atoms with van der Waals surface area (Å²) >= 11 is 5.00. The van der Waals surface area contributed by atoms with Crippen molar-refractivity contribution in [3.63, 3.8) is 0 Å². The molecule has 1 aromatic carbocycles. The molecule has 0 atom stereocenters. The van der Waals surface area contributed by atoms with Crippen molar-refractivity contribution in [2.24, 2.45) is 0 Å². The van der Waals surface area contributed by atoms with E-state index in [1.165, 1.54) is 0 Å². The van der Waals surface area contributed by atoms with Crippen LogP contribution in [-0.2, 0) is 0 Å². The van der Waals surface area contributed by atoms with Gasteiger partial charge in [0.1, 0.15) is 4.99 Å². The topological polar surface area (TPSA) is 59.6 Å². The monoisotopic (exact) mass is 248 g/mol. The van der Waals surface area contributed by atoms with Gasteiger partial charge < -0.3 is 14.8 Å². The summed E-state index contributed by atoms with van der Waals surface area (Å²) in [7, 11) is 0. The van der Waals surface area contributed by atoms with Gasteiger partial charge in [-0.1, -0.05) is 18.3 Å². The third-order valence-electron chi connectivity index (χ3n) is 2.43. The van der Waals surface area contributed by atoms with Crippen LogP contribution in [0.3, 0.4) is 0 Å². The molecule has 86 valence electrons. The van der Waals surface area contributed by atoms with Crippen molar-refractivity contribution in [3.05, 3.63) is 29.5 Å². The Morgan fingerprint density at radius 1 is 1.24 bits per heavy atom. The molecule has 0 aromatic heterocycles. The van der Waals surface area contributed by atoms with Crippen LogP contribution in [0, 0.1) is 0 Å². The molecule has 0 bridgehead atoms. The Bertz CT molecular complexity index is 554. The largest absolute Gasteiger partial charge is 0.454 e. The lowest BCUT2D eigenvalue weighted by molar-refractivity contribution is 0.174. The van der Waals surface area contributed by atoms with Crippen LogP contribution >= 0.6 is 12.2 Å². The van der Waals surface area contributed by atoms with E-state index in [2.05, 4.69) is 10.6 Å². The van der Waals surface area contributed by atoms with Gasteiger partial charge in [0.2, 0.25) is 6.79 Å². The molecule has 0 aliphatic carbocycles. The SMILES string of the molecule is O=C1NC(=S)C(=Cc2ccc3c(c2)OCO3)N1. The normalized spacial score (nSPS) is 19.4. The van der Waals surface area contributed by atoms with Gasteiger partial charge in [-0.2, -0.15) is 0 Å². The van der Waals surface area contributed by atoms with Gasteiger partial charge in [-0.3, -0.25) is 5.32 Å². The predicted octanol–water partition coefficient (Wildman–Crippen LogP) is 1.40. The Hall–Kier alpha value is -2.08. The zero-order valence-corrected chi connectivity index (χ0v) is 9.47. The summed E-state index contributed by atoms with van der Waals surface area (Å²) in [5, 5.41) is 5.11. The molecule has 0 spiro atoms. The molecule has 2 aliphatic rings. The van der Waals surface area contributed by atoms with Gasteiger partial charge in [0.25, 0.3) is 0 Å². The number of hydrogen-bond donors (Lipinski definition) is 2. The average Bonchev–Trinajstić information content (AvgIpc) is 2.85. The fraction of sp³-hybridized carbons (Fsp3) is 0.0909. The number of hydrogen-bond acceptors (Lipinski definition) is 4. The molecule has 2 amide bonds.